The van der Waals surface area contributed by atoms with Gasteiger partial charge in [-0.25, -0.2) is 0 Å². The maximum Gasteiger partial charge on any atom is 0.0358 e. The highest BCUT2D eigenvalue weighted by atomic mass is 32.1. The van der Waals surface area contributed by atoms with Crippen LogP contribution in [-0.2, 0) is 0 Å². The van der Waals surface area contributed by atoms with Gasteiger partial charge in [-0.1, -0.05) is 42.0 Å². The van der Waals surface area contributed by atoms with Crippen molar-refractivity contribution < 1.29 is 0 Å². The summed E-state index contributed by atoms with van der Waals surface area (Å²) in [6.45, 7) is 7.76. The monoisotopic (exact) mass is 291 g/mol. The first kappa shape index (κ1) is 13.8. The number of rotatable bonds is 3. The van der Waals surface area contributed by atoms with Crippen molar-refractivity contribution in [3.05, 3.63) is 64.7 Å². The number of hydrogen-bond acceptors (Lipinski definition) is 2. The summed E-state index contributed by atoms with van der Waals surface area (Å²) in [4.78, 5) is 5.04. The molecule has 0 aliphatic carbocycles. The summed E-state index contributed by atoms with van der Waals surface area (Å²) in [5.74, 6) is 0. The van der Waals surface area contributed by atoms with E-state index in [0.717, 1.165) is 0 Å². The van der Waals surface area contributed by atoms with Gasteiger partial charge < -0.3 is 0 Å². The molecule has 1 nitrogen and oxygen atoms in total. The van der Waals surface area contributed by atoms with E-state index in [9.17, 15) is 0 Å². The van der Waals surface area contributed by atoms with E-state index >= 15 is 0 Å². The molecule has 0 unspecified atom stereocenters. The average Bonchev–Trinajstić information content (AvgIpc) is 2.82. The van der Waals surface area contributed by atoms with Crippen molar-refractivity contribution in [1.29, 1.82) is 0 Å². The molecule has 21 heavy (non-hydrogen) atoms. The molecule has 0 saturated heterocycles. The fourth-order valence-corrected chi connectivity index (χ4v) is 3.60. The summed E-state index contributed by atoms with van der Waals surface area (Å²) >= 11 is 1.80. The summed E-state index contributed by atoms with van der Waals surface area (Å²) in [7, 11) is 0. The lowest BCUT2D eigenvalue weighted by atomic mass is 10.0. The van der Waals surface area contributed by atoms with Gasteiger partial charge in [-0.3, -0.25) is 4.99 Å². The van der Waals surface area contributed by atoms with Crippen LogP contribution in [0.4, 0.5) is 0 Å². The quantitative estimate of drug-likeness (QED) is 0.536. The van der Waals surface area contributed by atoms with Gasteiger partial charge >= 0.3 is 0 Å². The normalized spacial score (nSPS) is 11.3. The largest absolute Gasteiger partial charge is 0.272 e. The molecule has 0 aliphatic heterocycles. The van der Waals surface area contributed by atoms with E-state index in [2.05, 4.69) is 68.0 Å². The minimum atomic E-state index is 1.25. The minimum absolute atomic E-state index is 1.25. The van der Waals surface area contributed by atoms with Crippen molar-refractivity contribution in [2.75, 3.05) is 0 Å². The minimum Gasteiger partial charge on any atom is -0.272 e. The third-order valence-corrected chi connectivity index (χ3v) is 4.91. The zero-order valence-electron chi connectivity index (χ0n) is 12.3. The molecular formula is C19H17NS. The molecule has 0 radical (unpaired) electrons. The molecule has 2 heteroatoms. The van der Waals surface area contributed by atoms with Gasteiger partial charge in [0.2, 0.25) is 0 Å². The van der Waals surface area contributed by atoms with E-state index in [1.54, 1.807) is 17.5 Å². The summed E-state index contributed by atoms with van der Waals surface area (Å²) in [5.41, 5.74) is 5.13. The predicted molar refractivity (Wildman–Crippen MR) is 95.3 cm³/mol. The highest BCUT2D eigenvalue weighted by molar-refractivity contribution is 7.20. The number of hydrogen-bond donors (Lipinski definition) is 0. The van der Waals surface area contributed by atoms with Crippen LogP contribution in [0, 0.1) is 13.8 Å². The molecule has 0 amide bonds. The molecule has 0 atom stereocenters. The molecule has 3 rings (SSSR count). The van der Waals surface area contributed by atoms with E-state index < -0.39 is 0 Å². The predicted octanol–water partition coefficient (Wildman–Crippen LogP) is 5.86. The van der Waals surface area contributed by atoms with Crippen molar-refractivity contribution >= 4 is 34.2 Å². The van der Waals surface area contributed by atoms with Gasteiger partial charge in [-0.05, 0) is 54.8 Å². The van der Waals surface area contributed by atoms with E-state index in [-0.39, 0.29) is 0 Å². The van der Waals surface area contributed by atoms with Crippen LogP contribution in [0.5, 0.6) is 0 Å². The standard InChI is InChI=1S/C19H17NS/c1-13-4-6-15(7-5-13)16-8-9-17-14(2)18(10-11-20-3)21-19(17)12-16/h4-12H,3H2,1-2H3/b11-10-. The molecule has 0 aliphatic rings. The Morgan fingerprint density at radius 2 is 1.71 bits per heavy atom. The second-order valence-electron chi connectivity index (χ2n) is 5.17. The van der Waals surface area contributed by atoms with Gasteiger partial charge in [-0.15, -0.1) is 11.3 Å². The third kappa shape index (κ3) is 2.67. The molecule has 0 spiro atoms. The number of fused-ring (bicyclic) bond motifs is 1. The zero-order chi connectivity index (χ0) is 14.8. The lowest BCUT2D eigenvalue weighted by molar-refractivity contribution is 1.47. The molecule has 1 aromatic heterocycles. The molecule has 0 saturated carbocycles. The number of benzene rings is 2. The lowest BCUT2D eigenvalue weighted by Crippen LogP contribution is -1.78. The zero-order valence-corrected chi connectivity index (χ0v) is 13.1. The molecule has 0 N–H and O–H groups in total. The molecule has 0 fully saturated rings. The molecule has 1 heterocycles. The second kappa shape index (κ2) is 5.66. The fraction of sp³-hybridized carbons (Fsp3) is 0.105. The SMILES string of the molecule is C=N/C=C\c1sc2cc(-c3ccc(C)cc3)ccc2c1C. The van der Waals surface area contributed by atoms with Gasteiger partial charge in [0.15, 0.2) is 0 Å². The summed E-state index contributed by atoms with van der Waals surface area (Å²) in [6.07, 6.45) is 3.77. The van der Waals surface area contributed by atoms with Gasteiger partial charge in [0.1, 0.15) is 0 Å². The van der Waals surface area contributed by atoms with Crippen LogP contribution in [0.15, 0.2) is 53.7 Å². The van der Waals surface area contributed by atoms with Crippen LogP contribution in [0.25, 0.3) is 27.3 Å². The van der Waals surface area contributed by atoms with E-state index in [1.807, 2.05) is 6.08 Å². The Morgan fingerprint density at radius 1 is 1.00 bits per heavy atom. The van der Waals surface area contributed by atoms with Crippen molar-refractivity contribution in [1.82, 2.24) is 0 Å². The molecule has 104 valence electrons. The van der Waals surface area contributed by atoms with Crippen molar-refractivity contribution in [3.8, 4) is 11.1 Å². The number of aliphatic imine (C=N–C) groups is 1. The van der Waals surface area contributed by atoms with Gasteiger partial charge in [0.05, 0.1) is 0 Å². The highest BCUT2D eigenvalue weighted by Crippen LogP contribution is 2.34. The first-order valence-electron chi connectivity index (χ1n) is 6.91. The molecule has 3 aromatic rings. The Morgan fingerprint density at radius 3 is 2.43 bits per heavy atom. The van der Waals surface area contributed by atoms with Gasteiger partial charge in [0, 0.05) is 15.8 Å². The molecular weight excluding hydrogens is 274 g/mol. The van der Waals surface area contributed by atoms with Crippen LogP contribution in [0.1, 0.15) is 16.0 Å². The smallest absolute Gasteiger partial charge is 0.0358 e. The summed E-state index contributed by atoms with van der Waals surface area (Å²) in [6, 6.07) is 15.4. The van der Waals surface area contributed by atoms with E-state index in [4.69, 9.17) is 0 Å². The Kier molecular flexibility index (Phi) is 3.72. The van der Waals surface area contributed by atoms with E-state index in [0.29, 0.717) is 0 Å². The Bertz CT molecular complexity index is 823. The van der Waals surface area contributed by atoms with Crippen molar-refractivity contribution in [3.63, 3.8) is 0 Å². The Hall–Kier alpha value is -2.19. The maximum absolute atomic E-state index is 3.79. The van der Waals surface area contributed by atoms with Gasteiger partial charge in [0.25, 0.3) is 0 Å². The summed E-state index contributed by atoms with van der Waals surface area (Å²) in [5, 5.41) is 1.32. The third-order valence-electron chi connectivity index (χ3n) is 3.69. The van der Waals surface area contributed by atoms with Gasteiger partial charge in [-0.2, -0.15) is 0 Å². The van der Waals surface area contributed by atoms with Crippen molar-refractivity contribution in [2.24, 2.45) is 4.99 Å². The average molecular weight is 291 g/mol. The summed E-state index contributed by atoms with van der Waals surface area (Å²) < 4.78 is 1.31. The Labute approximate surface area is 129 Å². The highest BCUT2D eigenvalue weighted by Gasteiger charge is 2.07. The molecule has 0 bridgehead atoms. The first-order chi connectivity index (χ1) is 10.2. The van der Waals surface area contributed by atoms with Crippen LogP contribution in [-0.4, -0.2) is 6.72 Å². The number of nitrogens with zero attached hydrogens (tertiary/aromatic N) is 1. The van der Waals surface area contributed by atoms with E-state index in [1.165, 1.54) is 37.2 Å². The lowest BCUT2D eigenvalue weighted by Gasteiger charge is -2.02. The first-order valence-corrected chi connectivity index (χ1v) is 7.73. The fourth-order valence-electron chi connectivity index (χ4n) is 2.45. The maximum atomic E-state index is 3.79. The topological polar surface area (TPSA) is 12.4 Å². The number of aryl methyl sites for hydroxylation is 2. The second-order valence-corrected chi connectivity index (χ2v) is 6.25. The van der Waals surface area contributed by atoms with Crippen LogP contribution in [0.2, 0.25) is 0 Å². The Balaban J connectivity index is 2.09. The molecule has 2 aromatic carbocycles. The van der Waals surface area contributed by atoms with Crippen LogP contribution in [0.3, 0.4) is 0 Å². The van der Waals surface area contributed by atoms with Crippen molar-refractivity contribution in [2.45, 2.75) is 13.8 Å². The number of thiophene rings is 1. The van der Waals surface area contributed by atoms with Crippen LogP contribution >= 0.6 is 11.3 Å². The van der Waals surface area contributed by atoms with Crippen LogP contribution < -0.4 is 0 Å².